The predicted molar refractivity (Wildman–Crippen MR) is 219 cm³/mol. The van der Waals surface area contributed by atoms with E-state index in [9.17, 15) is 4.55 Å². The van der Waals surface area contributed by atoms with Gasteiger partial charge in [0.2, 0.25) is 5.65 Å². The molecule has 0 aliphatic carbocycles. The van der Waals surface area contributed by atoms with Crippen molar-refractivity contribution < 1.29 is 18.5 Å². The predicted octanol–water partition coefficient (Wildman–Crippen LogP) is 8.16. The van der Waals surface area contributed by atoms with Crippen molar-refractivity contribution in [1.29, 1.82) is 0 Å². The van der Waals surface area contributed by atoms with Crippen molar-refractivity contribution in [1.82, 2.24) is 23.7 Å². The summed E-state index contributed by atoms with van der Waals surface area (Å²) in [4.78, 5) is 14.2. The summed E-state index contributed by atoms with van der Waals surface area (Å²) in [6.07, 6.45) is 11.2. The van der Waals surface area contributed by atoms with Gasteiger partial charge in [0.1, 0.15) is 10.5 Å². The Kier molecular flexibility index (Phi) is 13.4. The van der Waals surface area contributed by atoms with Crippen LogP contribution < -0.4 is 19.8 Å². The van der Waals surface area contributed by atoms with E-state index in [2.05, 4.69) is 86.4 Å². The smallest absolute Gasteiger partial charge is 0.261 e. The number of aromatic nitrogens is 4. The summed E-state index contributed by atoms with van der Waals surface area (Å²) in [5.41, 5.74) is 2.91. The largest absolute Gasteiger partial charge is 0.597 e. The van der Waals surface area contributed by atoms with E-state index >= 15 is 0 Å². The highest BCUT2D eigenvalue weighted by molar-refractivity contribution is 7.90. The van der Waals surface area contributed by atoms with Crippen LogP contribution in [0.25, 0.3) is 16.9 Å². The van der Waals surface area contributed by atoms with E-state index in [1.54, 1.807) is 19.5 Å². The molecule has 5 rings (SSSR count). The van der Waals surface area contributed by atoms with E-state index in [1.165, 1.54) is 10.4 Å². The first-order valence-electron chi connectivity index (χ1n) is 18.8. The van der Waals surface area contributed by atoms with E-state index in [1.807, 2.05) is 61.8 Å². The molecule has 2 atom stereocenters. The Morgan fingerprint density at radius 2 is 1.51 bits per heavy atom. The van der Waals surface area contributed by atoms with E-state index in [0.29, 0.717) is 42.7 Å². The van der Waals surface area contributed by atoms with Gasteiger partial charge >= 0.3 is 0 Å². The third kappa shape index (κ3) is 9.15. The standard InChI is InChI=1S/C42H57N5O4SSi/c1-10-47(52(48)41(3,4)5)32(2)36-29-35(38(49-9)30-44-36)37-31-46-26-25-43-39(46)40(45-37)50-27-19-11-12-20-28-51-53(42(6,7)8,33-21-15-13-16-22-33)34-23-17-14-18-24-34/h13-18,21-26,29-32H,10-12,19-20,27-28H2,1-9H3/t32-,52?/m1/s1. The van der Waals surface area contributed by atoms with Gasteiger partial charge in [0.15, 0.2) is 0 Å². The van der Waals surface area contributed by atoms with Gasteiger partial charge in [-0.2, -0.15) is 0 Å². The Balaban J connectivity index is 1.24. The topological polar surface area (TPSA) is 97.1 Å². The second kappa shape index (κ2) is 17.6. The van der Waals surface area contributed by atoms with Crippen molar-refractivity contribution in [3.8, 4) is 22.9 Å². The van der Waals surface area contributed by atoms with Gasteiger partial charge in [-0.1, -0.05) is 87.9 Å². The van der Waals surface area contributed by atoms with Crippen LogP contribution in [0.5, 0.6) is 11.6 Å². The van der Waals surface area contributed by atoms with Crippen molar-refractivity contribution >= 4 is 35.7 Å². The number of rotatable bonds is 17. The van der Waals surface area contributed by atoms with Crippen molar-refractivity contribution in [2.24, 2.45) is 0 Å². The fourth-order valence-corrected chi connectivity index (χ4v) is 12.9. The maximum Gasteiger partial charge on any atom is 0.261 e. The van der Waals surface area contributed by atoms with Gasteiger partial charge < -0.3 is 22.9 Å². The lowest BCUT2D eigenvalue weighted by Crippen LogP contribution is -2.66. The lowest BCUT2D eigenvalue weighted by Gasteiger charge is -2.43. The Morgan fingerprint density at radius 1 is 0.887 bits per heavy atom. The molecule has 2 aromatic carbocycles. The molecule has 1 unspecified atom stereocenters. The molecule has 0 spiro atoms. The molecule has 0 aliphatic rings. The number of hydrogen-bond acceptors (Lipinski definition) is 8. The number of ether oxygens (including phenoxy) is 2. The van der Waals surface area contributed by atoms with E-state index < -0.39 is 24.4 Å². The van der Waals surface area contributed by atoms with Crippen molar-refractivity contribution in [3.05, 3.63) is 97.2 Å². The van der Waals surface area contributed by atoms with Crippen LogP contribution in [0.3, 0.4) is 0 Å². The van der Waals surface area contributed by atoms with Gasteiger partial charge in [-0.15, -0.1) is 4.31 Å². The highest BCUT2D eigenvalue weighted by Crippen LogP contribution is 2.37. The number of methoxy groups -OCH3 is 1. The molecule has 0 radical (unpaired) electrons. The number of fused-ring (bicyclic) bond motifs is 1. The molecule has 0 amide bonds. The number of imidazole rings is 1. The molecule has 53 heavy (non-hydrogen) atoms. The number of unbranched alkanes of at least 4 members (excludes halogenated alkanes) is 3. The van der Waals surface area contributed by atoms with Gasteiger partial charge in [-0.05, 0) is 75.4 Å². The lowest BCUT2D eigenvalue weighted by molar-refractivity contribution is 0.274. The summed E-state index contributed by atoms with van der Waals surface area (Å²) >= 11 is -1.20. The third-order valence-corrected chi connectivity index (χ3v) is 16.7. The molecular weight excluding hydrogens is 699 g/mol. The highest BCUT2D eigenvalue weighted by Gasteiger charge is 2.50. The summed E-state index contributed by atoms with van der Waals surface area (Å²) < 4.78 is 36.0. The van der Waals surface area contributed by atoms with Crippen molar-refractivity contribution in [2.45, 2.75) is 96.9 Å². The number of pyridine rings is 1. The lowest BCUT2D eigenvalue weighted by atomic mass is 10.1. The van der Waals surface area contributed by atoms with Gasteiger partial charge in [0, 0.05) is 48.7 Å². The molecule has 0 bridgehead atoms. The molecule has 9 nitrogen and oxygen atoms in total. The quantitative estimate of drug-likeness (QED) is 0.0533. The molecule has 3 heterocycles. The van der Waals surface area contributed by atoms with Crippen LogP contribution in [-0.4, -0.2) is 68.1 Å². The van der Waals surface area contributed by atoms with Crippen molar-refractivity contribution in [2.75, 3.05) is 26.9 Å². The molecule has 0 saturated carbocycles. The van der Waals surface area contributed by atoms with E-state index in [-0.39, 0.29) is 11.1 Å². The van der Waals surface area contributed by atoms with E-state index in [4.69, 9.17) is 23.9 Å². The average molecular weight is 756 g/mol. The molecule has 3 aromatic heterocycles. The first-order valence-corrected chi connectivity index (χ1v) is 21.8. The summed E-state index contributed by atoms with van der Waals surface area (Å²) in [5.74, 6) is 1.07. The number of hydrogen-bond donors (Lipinski definition) is 0. The third-order valence-electron chi connectivity index (χ3n) is 9.65. The summed E-state index contributed by atoms with van der Waals surface area (Å²) in [6.45, 7) is 18.8. The van der Waals surface area contributed by atoms with Gasteiger partial charge in [0.25, 0.3) is 14.2 Å². The molecular formula is C42H57N5O4SSi. The molecule has 0 aliphatic heterocycles. The Morgan fingerprint density at radius 3 is 2.08 bits per heavy atom. The summed E-state index contributed by atoms with van der Waals surface area (Å²) in [6, 6.07) is 23.4. The molecule has 0 N–H and O–H groups in total. The fraction of sp³-hybridized carbons (Fsp3) is 0.452. The van der Waals surface area contributed by atoms with Gasteiger partial charge in [0.05, 0.1) is 37.3 Å². The average Bonchev–Trinajstić information content (AvgIpc) is 3.63. The summed E-state index contributed by atoms with van der Waals surface area (Å²) in [7, 11) is -0.902. The van der Waals surface area contributed by atoms with Crippen LogP contribution in [0.4, 0.5) is 0 Å². The number of nitrogens with zero attached hydrogens (tertiary/aromatic N) is 5. The van der Waals surface area contributed by atoms with Crippen LogP contribution in [0, 0.1) is 0 Å². The maximum absolute atomic E-state index is 13.4. The molecule has 284 valence electrons. The second-order valence-electron chi connectivity index (χ2n) is 15.4. The van der Waals surface area contributed by atoms with E-state index in [0.717, 1.165) is 36.9 Å². The monoisotopic (exact) mass is 755 g/mol. The number of benzene rings is 2. The van der Waals surface area contributed by atoms with Gasteiger partial charge in [-0.3, -0.25) is 4.98 Å². The fourth-order valence-electron chi connectivity index (χ4n) is 6.93. The highest BCUT2D eigenvalue weighted by atomic mass is 32.2. The van der Waals surface area contributed by atoms with Crippen LogP contribution in [-0.2, 0) is 15.8 Å². The zero-order valence-electron chi connectivity index (χ0n) is 33.0. The zero-order chi connectivity index (χ0) is 38.2. The molecule has 0 fully saturated rings. The zero-order valence-corrected chi connectivity index (χ0v) is 34.8. The minimum Gasteiger partial charge on any atom is -0.597 e. The van der Waals surface area contributed by atoms with Crippen molar-refractivity contribution in [3.63, 3.8) is 0 Å². The minimum absolute atomic E-state index is 0.0360. The minimum atomic E-state index is -2.53. The first-order chi connectivity index (χ1) is 25.3. The van der Waals surface area contributed by atoms with Crippen LogP contribution >= 0.6 is 0 Å². The van der Waals surface area contributed by atoms with Crippen LogP contribution in [0.15, 0.2) is 91.5 Å². The SMILES string of the molecule is CCN([C@H](C)c1cc(-c2cn3ccnc3c(OCCCCCCO[Si](c3ccccc3)(c3ccccc3)C(C)(C)C)n2)c(OC)cn1)[S+]([O-])C(C)(C)C. The Bertz CT molecular complexity index is 1860. The normalized spacial score (nSPS) is 13.7. The molecule has 5 aromatic rings. The maximum atomic E-state index is 13.4. The first kappa shape index (κ1) is 40.4. The van der Waals surface area contributed by atoms with Crippen LogP contribution in [0.1, 0.15) is 92.8 Å². The van der Waals surface area contributed by atoms with Crippen LogP contribution in [0.2, 0.25) is 5.04 Å². The molecule has 0 saturated heterocycles. The second-order valence-corrected chi connectivity index (χ2v) is 21.9. The molecule has 11 heteroatoms. The Hall–Kier alpha value is -3.74. The summed E-state index contributed by atoms with van der Waals surface area (Å²) in [5, 5.41) is 2.58. The van der Waals surface area contributed by atoms with Gasteiger partial charge in [-0.25, -0.2) is 9.97 Å². The Labute approximate surface area is 320 Å².